The molecule has 0 spiro atoms. The Balaban J connectivity index is 2.08. The largest absolute Gasteiger partial charge is 0.481 e. The lowest BCUT2D eigenvalue weighted by atomic mass is 9.92. The van der Waals surface area contributed by atoms with Gasteiger partial charge < -0.3 is 15.0 Å². The smallest absolute Gasteiger partial charge is 0.213 e. The third-order valence-corrected chi connectivity index (χ3v) is 3.88. The van der Waals surface area contributed by atoms with Crippen molar-refractivity contribution in [1.82, 2.24) is 15.2 Å². The van der Waals surface area contributed by atoms with Crippen LogP contribution in [0.5, 0.6) is 5.88 Å². The molecule has 22 heavy (non-hydrogen) atoms. The highest BCUT2D eigenvalue weighted by atomic mass is 16.5. The van der Waals surface area contributed by atoms with Crippen molar-refractivity contribution in [2.75, 3.05) is 26.7 Å². The van der Waals surface area contributed by atoms with Gasteiger partial charge in [0.1, 0.15) is 0 Å². The minimum atomic E-state index is 0.568. The van der Waals surface area contributed by atoms with Crippen LogP contribution in [-0.2, 0) is 6.54 Å². The van der Waals surface area contributed by atoms with E-state index in [1.165, 1.54) is 6.42 Å². The van der Waals surface area contributed by atoms with Gasteiger partial charge >= 0.3 is 0 Å². The van der Waals surface area contributed by atoms with Crippen molar-refractivity contribution in [3.05, 3.63) is 23.9 Å². The Morgan fingerprint density at radius 3 is 2.73 bits per heavy atom. The van der Waals surface area contributed by atoms with Crippen LogP contribution < -0.4 is 10.1 Å². The van der Waals surface area contributed by atoms with Crippen LogP contribution in [0.1, 0.15) is 32.9 Å². The van der Waals surface area contributed by atoms with E-state index in [2.05, 4.69) is 36.0 Å². The molecule has 1 aromatic heterocycles. The summed E-state index contributed by atoms with van der Waals surface area (Å²) in [7, 11) is 1.63. The minimum Gasteiger partial charge on any atom is -0.481 e. The maximum absolute atomic E-state index is 5.17. The highest BCUT2D eigenvalue weighted by Crippen LogP contribution is 2.21. The van der Waals surface area contributed by atoms with Crippen LogP contribution in [0, 0.1) is 11.8 Å². The first kappa shape index (κ1) is 16.6. The van der Waals surface area contributed by atoms with Crippen LogP contribution in [0.3, 0.4) is 0 Å². The standard InChI is InChI=1S/C17H28N4O/c1-5-18-17(21-11-13(2)9-14(3)12-21)19-10-15-7-6-8-16(20-15)22-4/h6-8,13-14H,5,9-12H2,1-4H3,(H,18,19). The monoisotopic (exact) mass is 304 g/mol. The molecule has 2 rings (SSSR count). The minimum absolute atomic E-state index is 0.568. The van der Waals surface area contributed by atoms with Crippen LogP contribution in [0.15, 0.2) is 23.2 Å². The number of rotatable bonds is 4. The van der Waals surface area contributed by atoms with Gasteiger partial charge in [0, 0.05) is 25.7 Å². The fraction of sp³-hybridized carbons (Fsp3) is 0.647. The number of ether oxygens (including phenoxy) is 1. The molecule has 1 aliphatic heterocycles. The maximum Gasteiger partial charge on any atom is 0.213 e. The molecule has 2 heterocycles. The third kappa shape index (κ3) is 4.61. The summed E-state index contributed by atoms with van der Waals surface area (Å²) in [4.78, 5) is 11.6. The quantitative estimate of drug-likeness (QED) is 0.686. The number of methoxy groups -OCH3 is 1. The highest BCUT2D eigenvalue weighted by Gasteiger charge is 2.23. The van der Waals surface area contributed by atoms with Crippen LogP contribution in [0.2, 0.25) is 0 Å². The summed E-state index contributed by atoms with van der Waals surface area (Å²) in [5.74, 6) is 3.05. The molecule has 1 N–H and O–H groups in total. The SMILES string of the molecule is CCNC(=NCc1cccc(OC)n1)N1CC(C)CC(C)C1. The molecule has 122 valence electrons. The molecule has 1 saturated heterocycles. The second-order valence-corrected chi connectivity index (χ2v) is 6.19. The fourth-order valence-corrected chi connectivity index (χ4v) is 3.08. The molecule has 0 aromatic carbocycles. The molecule has 0 aliphatic carbocycles. The van der Waals surface area contributed by atoms with E-state index in [0.717, 1.165) is 31.3 Å². The van der Waals surface area contributed by atoms with Gasteiger partial charge in [-0.25, -0.2) is 9.98 Å². The number of aromatic nitrogens is 1. The van der Waals surface area contributed by atoms with E-state index in [1.54, 1.807) is 7.11 Å². The molecule has 1 fully saturated rings. The Kier molecular flexibility index (Phi) is 6.04. The van der Waals surface area contributed by atoms with Crippen molar-refractivity contribution >= 4 is 5.96 Å². The molecule has 5 heteroatoms. The van der Waals surface area contributed by atoms with E-state index in [4.69, 9.17) is 9.73 Å². The van der Waals surface area contributed by atoms with Crippen molar-refractivity contribution in [3.63, 3.8) is 0 Å². The first-order valence-electron chi connectivity index (χ1n) is 8.15. The third-order valence-electron chi connectivity index (χ3n) is 3.88. The summed E-state index contributed by atoms with van der Waals surface area (Å²) >= 11 is 0. The van der Waals surface area contributed by atoms with E-state index in [-0.39, 0.29) is 0 Å². The van der Waals surface area contributed by atoms with E-state index >= 15 is 0 Å². The number of pyridine rings is 1. The number of nitrogens with one attached hydrogen (secondary N) is 1. The van der Waals surface area contributed by atoms with Crippen molar-refractivity contribution in [3.8, 4) is 5.88 Å². The molecule has 2 atom stereocenters. The van der Waals surface area contributed by atoms with Crippen LogP contribution in [-0.4, -0.2) is 42.6 Å². The van der Waals surface area contributed by atoms with E-state index in [1.807, 2.05) is 18.2 Å². The summed E-state index contributed by atoms with van der Waals surface area (Å²) in [5.41, 5.74) is 0.924. The Bertz CT molecular complexity index is 493. The summed E-state index contributed by atoms with van der Waals surface area (Å²) in [6, 6.07) is 5.79. The van der Waals surface area contributed by atoms with Crippen molar-refractivity contribution in [2.45, 2.75) is 33.7 Å². The average Bonchev–Trinajstić information content (AvgIpc) is 2.50. The van der Waals surface area contributed by atoms with Gasteiger partial charge in [-0.05, 0) is 31.2 Å². The van der Waals surface area contributed by atoms with Gasteiger partial charge in [-0.2, -0.15) is 0 Å². The van der Waals surface area contributed by atoms with Crippen molar-refractivity contribution in [2.24, 2.45) is 16.8 Å². The van der Waals surface area contributed by atoms with Crippen molar-refractivity contribution < 1.29 is 4.74 Å². The number of hydrogen-bond donors (Lipinski definition) is 1. The zero-order chi connectivity index (χ0) is 15.9. The summed E-state index contributed by atoms with van der Waals surface area (Å²) in [6.45, 7) is 10.3. The molecule has 1 aromatic rings. The van der Waals surface area contributed by atoms with Crippen LogP contribution in [0.4, 0.5) is 0 Å². The molecule has 1 aliphatic rings. The molecule has 0 radical (unpaired) electrons. The van der Waals surface area contributed by atoms with Gasteiger partial charge in [0.2, 0.25) is 5.88 Å². The predicted molar refractivity (Wildman–Crippen MR) is 90.1 cm³/mol. The topological polar surface area (TPSA) is 49.8 Å². The second-order valence-electron chi connectivity index (χ2n) is 6.19. The molecule has 0 bridgehead atoms. The Hall–Kier alpha value is -1.78. The summed E-state index contributed by atoms with van der Waals surface area (Å²) < 4.78 is 5.17. The zero-order valence-electron chi connectivity index (χ0n) is 14.2. The number of guanidine groups is 1. The Morgan fingerprint density at radius 1 is 1.36 bits per heavy atom. The lowest BCUT2D eigenvalue weighted by Crippen LogP contribution is -2.48. The first-order chi connectivity index (χ1) is 10.6. The van der Waals surface area contributed by atoms with E-state index < -0.39 is 0 Å². The van der Waals surface area contributed by atoms with E-state index in [9.17, 15) is 0 Å². The number of hydrogen-bond acceptors (Lipinski definition) is 3. The van der Waals surface area contributed by atoms with Gasteiger partial charge in [-0.3, -0.25) is 0 Å². The number of likely N-dealkylation sites (tertiary alicyclic amines) is 1. The van der Waals surface area contributed by atoms with Gasteiger partial charge in [0.25, 0.3) is 0 Å². The number of piperidine rings is 1. The predicted octanol–water partition coefficient (Wildman–Crippen LogP) is 2.53. The van der Waals surface area contributed by atoms with Crippen molar-refractivity contribution in [1.29, 1.82) is 0 Å². The fourth-order valence-electron chi connectivity index (χ4n) is 3.08. The average molecular weight is 304 g/mol. The highest BCUT2D eigenvalue weighted by molar-refractivity contribution is 5.80. The summed E-state index contributed by atoms with van der Waals surface area (Å²) in [6.07, 6.45) is 1.30. The number of aliphatic imine (C=N–C) groups is 1. The molecular formula is C17H28N4O. The Labute approximate surface area is 133 Å². The Morgan fingerprint density at radius 2 is 2.09 bits per heavy atom. The lowest BCUT2D eigenvalue weighted by Gasteiger charge is -2.37. The molecule has 0 amide bonds. The molecule has 2 unspecified atom stereocenters. The van der Waals surface area contributed by atoms with Crippen LogP contribution in [0.25, 0.3) is 0 Å². The summed E-state index contributed by atoms with van der Waals surface area (Å²) in [5, 5.41) is 3.41. The van der Waals surface area contributed by atoms with Gasteiger partial charge in [0.05, 0.1) is 19.3 Å². The first-order valence-corrected chi connectivity index (χ1v) is 8.15. The maximum atomic E-state index is 5.17. The molecule has 5 nitrogen and oxygen atoms in total. The zero-order valence-corrected chi connectivity index (χ0v) is 14.2. The van der Waals surface area contributed by atoms with Crippen LogP contribution >= 0.6 is 0 Å². The van der Waals surface area contributed by atoms with Gasteiger partial charge in [-0.1, -0.05) is 19.9 Å². The second kappa shape index (κ2) is 8.01. The normalized spacial score (nSPS) is 22.5. The van der Waals surface area contributed by atoms with E-state index in [0.29, 0.717) is 24.3 Å². The molecule has 0 saturated carbocycles. The number of nitrogens with zero attached hydrogens (tertiary/aromatic N) is 3. The molecular weight excluding hydrogens is 276 g/mol. The van der Waals surface area contributed by atoms with Gasteiger partial charge in [-0.15, -0.1) is 0 Å². The lowest BCUT2D eigenvalue weighted by molar-refractivity contribution is 0.208. The van der Waals surface area contributed by atoms with Gasteiger partial charge in [0.15, 0.2) is 5.96 Å².